The van der Waals surface area contributed by atoms with E-state index in [2.05, 4.69) is 5.32 Å². The number of carbonyl (C=O) groups is 3. The molecular formula is C27H37N3O5S. The lowest BCUT2D eigenvalue weighted by molar-refractivity contribution is -0.140. The number of nitrogens with one attached hydrogen (secondary N) is 1. The van der Waals surface area contributed by atoms with E-state index in [0.717, 1.165) is 28.1 Å². The molecule has 0 aromatic heterocycles. The SMILES string of the molecule is CCC(C)NC(=O)C(CC)N(Cc1ccc(C)cc1)C(=O)CN(c1cccc(C(C)=O)c1)S(C)(=O)=O. The zero-order chi connectivity index (χ0) is 27.0. The van der Waals surface area contributed by atoms with Crippen molar-refractivity contribution >= 4 is 33.3 Å². The average molecular weight is 516 g/mol. The van der Waals surface area contributed by atoms with Crippen LogP contribution in [0.1, 0.15) is 62.0 Å². The first-order valence-corrected chi connectivity index (χ1v) is 14.0. The van der Waals surface area contributed by atoms with Crippen molar-refractivity contribution in [1.82, 2.24) is 10.2 Å². The molecule has 36 heavy (non-hydrogen) atoms. The first kappa shape index (κ1) is 29.0. The highest BCUT2D eigenvalue weighted by Crippen LogP contribution is 2.21. The van der Waals surface area contributed by atoms with Crippen LogP contribution in [0.25, 0.3) is 0 Å². The first-order valence-electron chi connectivity index (χ1n) is 12.1. The molecular weight excluding hydrogens is 478 g/mol. The van der Waals surface area contributed by atoms with Gasteiger partial charge >= 0.3 is 0 Å². The van der Waals surface area contributed by atoms with Crippen LogP contribution in [-0.4, -0.2) is 55.8 Å². The number of benzene rings is 2. The summed E-state index contributed by atoms with van der Waals surface area (Å²) in [6, 6.07) is 12.9. The Kier molecular flexibility index (Phi) is 10.2. The van der Waals surface area contributed by atoms with Gasteiger partial charge in [-0.3, -0.25) is 18.7 Å². The number of amides is 2. The predicted molar refractivity (Wildman–Crippen MR) is 142 cm³/mol. The van der Waals surface area contributed by atoms with Gasteiger partial charge in [0.15, 0.2) is 5.78 Å². The van der Waals surface area contributed by atoms with E-state index in [-0.39, 0.29) is 30.0 Å². The topological polar surface area (TPSA) is 104 Å². The molecule has 0 radical (unpaired) electrons. The third kappa shape index (κ3) is 7.91. The zero-order valence-electron chi connectivity index (χ0n) is 21.9. The molecule has 2 unspecified atom stereocenters. The Morgan fingerprint density at radius 2 is 1.64 bits per heavy atom. The Labute approximate surface area is 214 Å². The normalized spacial score (nSPS) is 12.9. The third-order valence-corrected chi connectivity index (χ3v) is 7.22. The monoisotopic (exact) mass is 515 g/mol. The van der Waals surface area contributed by atoms with Gasteiger partial charge in [0.2, 0.25) is 21.8 Å². The molecule has 0 saturated carbocycles. The van der Waals surface area contributed by atoms with E-state index in [4.69, 9.17) is 0 Å². The molecule has 2 rings (SSSR count). The number of anilines is 1. The van der Waals surface area contributed by atoms with Crippen LogP contribution in [0.15, 0.2) is 48.5 Å². The van der Waals surface area contributed by atoms with Crippen LogP contribution in [-0.2, 0) is 26.2 Å². The van der Waals surface area contributed by atoms with Crippen LogP contribution in [0.3, 0.4) is 0 Å². The number of carbonyl (C=O) groups excluding carboxylic acids is 3. The second-order valence-corrected chi connectivity index (χ2v) is 11.0. The number of sulfonamides is 1. The average Bonchev–Trinajstić information content (AvgIpc) is 2.82. The standard InChI is InChI=1S/C27H37N3O5S/c1-7-20(4)28-27(33)25(8-2)29(17-22-14-12-19(3)13-15-22)26(32)18-30(36(6,34)35)24-11-9-10-23(16-24)21(5)31/h9-16,20,25H,7-8,17-18H2,1-6H3,(H,28,33). The number of ketones is 1. The molecule has 0 saturated heterocycles. The maximum Gasteiger partial charge on any atom is 0.244 e. The van der Waals surface area contributed by atoms with Gasteiger partial charge in [-0.25, -0.2) is 8.42 Å². The summed E-state index contributed by atoms with van der Waals surface area (Å²) in [5, 5.41) is 2.94. The minimum absolute atomic E-state index is 0.0651. The number of hydrogen-bond donors (Lipinski definition) is 1. The molecule has 2 aromatic carbocycles. The van der Waals surface area contributed by atoms with Gasteiger partial charge in [0, 0.05) is 18.2 Å². The maximum absolute atomic E-state index is 13.7. The van der Waals surface area contributed by atoms with Crippen LogP contribution >= 0.6 is 0 Å². The van der Waals surface area contributed by atoms with Crippen molar-refractivity contribution in [3.8, 4) is 0 Å². The Hall–Kier alpha value is -3.20. The fraction of sp³-hybridized carbons (Fsp3) is 0.444. The summed E-state index contributed by atoms with van der Waals surface area (Å²) in [7, 11) is -3.87. The highest BCUT2D eigenvalue weighted by atomic mass is 32.2. The summed E-state index contributed by atoms with van der Waals surface area (Å²) in [5.74, 6) is -1.01. The van der Waals surface area contributed by atoms with Gasteiger partial charge in [-0.2, -0.15) is 0 Å². The number of nitrogens with zero attached hydrogens (tertiary/aromatic N) is 2. The molecule has 0 aliphatic carbocycles. The number of aryl methyl sites for hydroxylation is 1. The van der Waals surface area contributed by atoms with E-state index in [1.54, 1.807) is 12.1 Å². The van der Waals surface area contributed by atoms with Crippen molar-refractivity contribution in [2.45, 2.75) is 66.1 Å². The summed E-state index contributed by atoms with van der Waals surface area (Å²) in [6.45, 7) is 8.67. The lowest BCUT2D eigenvalue weighted by atomic mass is 10.1. The fourth-order valence-corrected chi connectivity index (χ4v) is 4.59. The van der Waals surface area contributed by atoms with E-state index in [9.17, 15) is 22.8 Å². The van der Waals surface area contributed by atoms with Gasteiger partial charge in [0.25, 0.3) is 0 Å². The minimum atomic E-state index is -3.87. The van der Waals surface area contributed by atoms with Gasteiger partial charge < -0.3 is 10.2 Å². The van der Waals surface area contributed by atoms with Gasteiger partial charge in [0.05, 0.1) is 11.9 Å². The van der Waals surface area contributed by atoms with E-state index in [1.165, 1.54) is 24.0 Å². The summed E-state index contributed by atoms with van der Waals surface area (Å²) < 4.78 is 26.4. The molecule has 8 nitrogen and oxygen atoms in total. The Morgan fingerprint density at radius 1 is 1.00 bits per heavy atom. The van der Waals surface area contributed by atoms with Crippen LogP contribution in [0.5, 0.6) is 0 Å². The molecule has 0 spiro atoms. The molecule has 196 valence electrons. The quantitative estimate of drug-likeness (QED) is 0.434. The van der Waals surface area contributed by atoms with Gasteiger partial charge in [0.1, 0.15) is 12.6 Å². The Bertz CT molecular complexity index is 1180. The molecule has 2 atom stereocenters. The molecule has 2 amide bonds. The van der Waals surface area contributed by atoms with Gasteiger partial charge in [-0.1, -0.05) is 55.8 Å². The van der Waals surface area contributed by atoms with E-state index in [1.807, 2.05) is 52.0 Å². The zero-order valence-corrected chi connectivity index (χ0v) is 22.8. The molecule has 2 aromatic rings. The maximum atomic E-state index is 13.7. The van der Waals surface area contributed by atoms with Crippen molar-refractivity contribution in [3.63, 3.8) is 0 Å². The second-order valence-electron chi connectivity index (χ2n) is 9.13. The summed E-state index contributed by atoms with van der Waals surface area (Å²) in [4.78, 5) is 40.1. The van der Waals surface area contributed by atoms with E-state index >= 15 is 0 Å². The number of hydrogen-bond acceptors (Lipinski definition) is 5. The second kappa shape index (κ2) is 12.7. The van der Waals surface area contributed by atoms with Crippen molar-refractivity contribution in [1.29, 1.82) is 0 Å². The van der Waals surface area contributed by atoms with Crippen LogP contribution in [0.2, 0.25) is 0 Å². The lowest BCUT2D eigenvalue weighted by Crippen LogP contribution is -2.53. The van der Waals surface area contributed by atoms with E-state index < -0.39 is 28.5 Å². The number of rotatable bonds is 12. The molecule has 9 heteroatoms. The Morgan fingerprint density at radius 3 is 2.17 bits per heavy atom. The van der Waals surface area contributed by atoms with Crippen LogP contribution in [0.4, 0.5) is 5.69 Å². The van der Waals surface area contributed by atoms with Crippen LogP contribution < -0.4 is 9.62 Å². The molecule has 0 aliphatic heterocycles. The predicted octanol–water partition coefficient (Wildman–Crippen LogP) is 3.69. The van der Waals surface area contributed by atoms with Crippen LogP contribution in [0, 0.1) is 6.92 Å². The van der Waals surface area contributed by atoms with E-state index in [0.29, 0.717) is 12.0 Å². The summed E-state index contributed by atoms with van der Waals surface area (Å²) in [6.07, 6.45) is 2.11. The molecule has 0 aliphatic rings. The Balaban J connectivity index is 2.47. The smallest absolute Gasteiger partial charge is 0.244 e. The third-order valence-electron chi connectivity index (χ3n) is 6.08. The largest absolute Gasteiger partial charge is 0.352 e. The highest BCUT2D eigenvalue weighted by molar-refractivity contribution is 7.92. The summed E-state index contributed by atoms with van der Waals surface area (Å²) >= 11 is 0. The van der Waals surface area contributed by atoms with Crippen molar-refractivity contribution in [2.24, 2.45) is 0 Å². The van der Waals surface area contributed by atoms with Crippen molar-refractivity contribution < 1.29 is 22.8 Å². The number of Topliss-reactive ketones (excluding diaryl/α,β-unsaturated/α-hetero) is 1. The van der Waals surface area contributed by atoms with Gasteiger partial charge in [-0.05, 0) is 51.3 Å². The molecule has 0 bridgehead atoms. The van der Waals surface area contributed by atoms with Crippen molar-refractivity contribution in [3.05, 3.63) is 65.2 Å². The first-order chi connectivity index (χ1) is 16.9. The summed E-state index contributed by atoms with van der Waals surface area (Å²) in [5.41, 5.74) is 2.44. The molecule has 0 heterocycles. The van der Waals surface area contributed by atoms with Crippen molar-refractivity contribution in [2.75, 3.05) is 17.1 Å². The fourth-order valence-electron chi connectivity index (χ4n) is 3.74. The van der Waals surface area contributed by atoms with Gasteiger partial charge in [-0.15, -0.1) is 0 Å². The minimum Gasteiger partial charge on any atom is -0.352 e. The lowest BCUT2D eigenvalue weighted by Gasteiger charge is -2.33. The molecule has 1 N–H and O–H groups in total. The highest BCUT2D eigenvalue weighted by Gasteiger charge is 2.32. The molecule has 0 fully saturated rings.